The van der Waals surface area contributed by atoms with Gasteiger partial charge >= 0.3 is 12.1 Å². The van der Waals surface area contributed by atoms with Crippen LogP contribution in [0.3, 0.4) is 0 Å². The van der Waals surface area contributed by atoms with Gasteiger partial charge in [-0.3, -0.25) is 0 Å². The first-order chi connectivity index (χ1) is 10.6. The predicted molar refractivity (Wildman–Crippen MR) is 87.9 cm³/mol. The second kappa shape index (κ2) is 6.48. The van der Waals surface area contributed by atoms with Gasteiger partial charge < -0.3 is 20.5 Å². The number of rotatable bonds is 4. The summed E-state index contributed by atoms with van der Waals surface area (Å²) in [6.07, 6.45) is 1.25. The molecule has 1 amide bonds. The van der Waals surface area contributed by atoms with E-state index in [0.717, 1.165) is 24.1 Å². The maximum Gasteiger partial charge on any atom is 0.407 e. The van der Waals surface area contributed by atoms with Gasteiger partial charge in [0.05, 0.1) is 5.56 Å². The molecule has 0 bridgehead atoms. The molecule has 1 aliphatic carbocycles. The number of aromatic carboxylic acids is 1. The number of carboxylic acid groups (broad SMARTS) is 1. The minimum Gasteiger partial charge on any atom is -0.478 e. The molecule has 0 atom stereocenters. The van der Waals surface area contributed by atoms with Crippen molar-refractivity contribution >= 4 is 17.7 Å². The Morgan fingerprint density at radius 2 is 1.87 bits per heavy atom. The second-order valence-electron chi connectivity index (χ2n) is 6.99. The fourth-order valence-electron chi connectivity index (χ4n) is 2.51. The highest BCUT2D eigenvalue weighted by Crippen LogP contribution is 2.26. The molecule has 6 nitrogen and oxygen atoms in total. The topological polar surface area (TPSA) is 87.7 Å². The van der Waals surface area contributed by atoms with Crippen molar-refractivity contribution in [2.45, 2.75) is 58.2 Å². The zero-order valence-corrected chi connectivity index (χ0v) is 14.0. The Labute approximate surface area is 136 Å². The molecule has 2 rings (SSSR count). The highest BCUT2D eigenvalue weighted by Gasteiger charge is 2.31. The van der Waals surface area contributed by atoms with Gasteiger partial charge in [0.15, 0.2) is 0 Å². The van der Waals surface area contributed by atoms with Gasteiger partial charge in [0.1, 0.15) is 5.60 Å². The van der Waals surface area contributed by atoms with Crippen LogP contribution in [-0.2, 0) is 4.74 Å². The fourth-order valence-corrected chi connectivity index (χ4v) is 2.51. The van der Waals surface area contributed by atoms with Crippen LogP contribution in [0.5, 0.6) is 0 Å². The van der Waals surface area contributed by atoms with Crippen LogP contribution in [0.1, 0.15) is 49.5 Å². The number of carbonyl (C=O) groups excluding carboxylic acids is 1. The van der Waals surface area contributed by atoms with E-state index in [2.05, 4.69) is 10.6 Å². The van der Waals surface area contributed by atoms with Crippen LogP contribution >= 0.6 is 0 Å². The monoisotopic (exact) mass is 320 g/mol. The van der Waals surface area contributed by atoms with E-state index in [1.807, 2.05) is 27.7 Å². The molecule has 126 valence electrons. The van der Waals surface area contributed by atoms with Crippen molar-refractivity contribution in [2.24, 2.45) is 0 Å². The SMILES string of the molecule is Cc1cc(C(=O)O)ccc1NC1CC(NC(=O)OC(C)(C)C)C1. The van der Waals surface area contributed by atoms with Crippen LogP contribution in [-0.4, -0.2) is 34.9 Å². The summed E-state index contributed by atoms with van der Waals surface area (Å²) in [5.41, 5.74) is 1.62. The van der Waals surface area contributed by atoms with E-state index < -0.39 is 11.6 Å². The number of aryl methyl sites for hydroxylation is 1. The van der Waals surface area contributed by atoms with E-state index in [4.69, 9.17) is 9.84 Å². The Balaban J connectivity index is 1.80. The minimum absolute atomic E-state index is 0.112. The lowest BCUT2D eigenvalue weighted by molar-refractivity contribution is 0.0475. The molecule has 1 saturated carbocycles. The number of anilines is 1. The normalized spacial score (nSPS) is 20.3. The van der Waals surface area contributed by atoms with Gasteiger partial charge in [-0.2, -0.15) is 0 Å². The predicted octanol–water partition coefficient (Wildman–Crippen LogP) is 3.16. The molecule has 0 saturated heterocycles. The van der Waals surface area contributed by atoms with Crippen LogP contribution in [0.2, 0.25) is 0 Å². The van der Waals surface area contributed by atoms with Crippen molar-refractivity contribution < 1.29 is 19.4 Å². The summed E-state index contributed by atoms with van der Waals surface area (Å²) in [4.78, 5) is 22.6. The molecule has 0 unspecified atom stereocenters. The fraction of sp³-hybridized carbons (Fsp3) is 0.529. The summed E-state index contributed by atoms with van der Waals surface area (Å²) in [5, 5.41) is 15.2. The van der Waals surface area contributed by atoms with Crippen molar-refractivity contribution in [3.63, 3.8) is 0 Å². The second-order valence-corrected chi connectivity index (χ2v) is 6.99. The molecule has 0 radical (unpaired) electrons. The molecule has 0 spiro atoms. The number of amides is 1. The van der Waals surface area contributed by atoms with Crippen LogP contribution in [0.4, 0.5) is 10.5 Å². The lowest BCUT2D eigenvalue weighted by atomic mass is 9.86. The quantitative estimate of drug-likeness (QED) is 0.793. The summed E-state index contributed by atoms with van der Waals surface area (Å²) >= 11 is 0. The van der Waals surface area contributed by atoms with E-state index in [1.54, 1.807) is 18.2 Å². The van der Waals surface area contributed by atoms with Crippen molar-refractivity contribution in [2.75, 3.05) is 5.32 Å². The van der Waals surface area contributed by atoms with E-state index in [9.17, 15) is 9.59 Å². The van der Waals surface area contributed by atoms with Crippen LogP contribution in [0, 0.1) is 6.92 Å². The third-order valence-corrected chi connectivity index (χ3v) is 3.69. The number of hydrogen-bond acceptors (Lipinski definition) is 4. The summed E-state index contributed by atoms with van der Waals surface area (Å²) in [6, 6.07) is 5.41. The van der Waals surface area contributed by atoms with Gasteiger partial charge in [-0.05, 0) is 64.3 Å². The van der Waals surface area contributed by atoms with E-state index >= 15 is 0 Å². The molecule has 6 heteroatoms. The Hall–Kier alpha value is -2.24. The number of carbonyl (C=O) groups is 2. The van der Waals surface area contributed by atoms with Gasteiger partial charge in [0.25, 0.3) is 0 Å². The standard InChI is InChI=1S/C17H24N2O4/c1-10-7-11(15(20)21)5-6-14(10)18-12-8-13(9-12)19-16(22)23-17(2,3)4/h5-7,12-13,18H,8-9H2,1-4H3,(H,19,22)(H,20,21). The molecular formula is C17H24N2O4. The Bertz CT molecular complexity index is 601. The number of carboxylic acids is 1. The maximum absolute atomic E-state index is 11.7. The van der Waals surface area contributed by atoms with Gasteiger partial charge in [0.2, 0.25) is 0 Å². The number of ether oxygens (including phenoxy) is 1. The lowest BCUT2D eigenvalue weighted by Crippen LogP contribution is -2.50. The molecule has 1 aliphatic rings. The Morgan fingerprint density at radius 1 is 1.22 bits per heavy atom. The minimum atomic E-state index is -0.926. The molecule has 3 N–H and O–H groups in total. The van der Waals surface area contributed by atoms with Crippen LogP contribution < -0.4 is 10.6 Å². The van der Waals surface area contributed by atoms with Gasteiger partial charge in [0, 0.05) is 17.8 Å². The first kappa shape index (κ1) is 17.1. The first-order valence-electron chi connectivity index (χ1n) is 7.74. The van der Waals surface area contributed by atoms with Crippen molar-refractivity contribution in [3.05, 3.63) is 29.3 Å². The average Bonchev–Trinajstić information content (AvgIpc) is 2.35. The van der Waals surface area contributed by atoms with E-state index in [1.165, 1.54) is 0 Å². The first-order valence-corrected chi connectivity index (χ1v) is 7.74. The smallest absolute Gasteiger partial charge is 0.407 e. The summed E-state index contributed by atoms with van der Waals surface area (Å²) in [6.45, 7) is 7.38. The largest absolute Gasteiger partial charge is 0.478 e. The molecule has 0 aromatic heterocycles. The zero-order valence-electron chi connectivity index (χ0n) is 14.0. The highest BCUT2D eigenvalue weighted by molar-refractivity contribution is 5.88. The number of hydrogen-bond donors (Lipinski definition) is 3. The Kier molecular flexibility index (Phi) is 4.82. The molecule has 1 fully saturated rings. The molecule has 0 heterocycles. The van der Waals surface area contributed by atoms with Crippen LogP contribution in [0.25, 0.3) is 0 Å². The highest BCUT2D eigenvalue weighted by atomic mass is 16.6. The van der Waals surface area contributed by atoms with E-state index in [-0.39, 0.29) is 23.7 Å². The number of nitrogens with one attached hydrogen (secondary N) is 2. The maximum atomic E-state index is 11.7. The number of alkyl carbamates (subject to hydrolysis) is 1. The summed E-state index contributed by atoms with van der Waals surface area (Å²) < 4.78 is 5.23. The van der Waals surface area contributed by atoms with Gasteiger partial charge in [-0.25, -0.2) is 9.59 Å². The summed E-state index contributed by atoms with van der Waals surface area (Å²) in [7, 11) is 0. The lowest BCUT2D eigenvalue weighted by Gasteiger charge is -2.37. The molecule has 1 aromatic carbocycles. The third-order valence-electron chi connectivity index (χ3n) is 3.69. The molecular weight excluding hydrogens is 296 g/mol. The molecule has 0 aliphatic heterocycles. The Morgan fingerprint density at radius 3 is 2.39 bits per heavy atom. The van der Waals surface area contributed by atoms with Gasteiger partial charge in [-0.15, -0.1) is 0 Å². The third kappa shape index (κ3) is 4.87. The van der Waals surface area contributed by atoms with Crippen molar-refractivity contribution in [3.8, 4) is 0 Å². The van der Waals surface area contributed by atoms with Crippen LogP contribution in [0.15, 0.2) is 18.2 Å². The molecule has 23 heavy (non-hydrogen) atoms. The average molecular weight is 320 g/mol. The summed E-state index contributed by atoms with van der Waals surface area (Å²) in [5.74, 6) is -0.926. The van der Waals surface area contributed by atoms with Crippen molar-refractivity contribution in [1.29, 1.82) is 0 Å². The van der Waals surface area contributed by atoms with Crippen molar-refractivity contribution in [1.82, 2.24) is 5.32 Å². The van der Waals surface area contributed by atoms with E-state index in [0.29, 0.717) is 0 Å². The zero-order chi connectivity index (χ0) is 17.2. The molecule has 1 aromatic rings. The number of benzene rings is 1. The van der Waals surface area contributed by atoms with Gasteiger partial charge in [-0.1, -0.05) is 0 Å².